The fourth-order valence-corrected chi connectivity index (χ4v) is 6.24. The van der Waals surface area contributed by atoms with Gasteiger partial charge in [-0.1, -0.05) is 48.5 Å². The number of morpholine rings is 1. The molecule has 0 radical (unpaired) electrons. The number of nitrogens with zero attached hydrogens (tertiary/aromatic N) is 1. The Morgan fingerprint density at radius 3 is 1.97 bits per heavy atom. The van der Waals surface area contributed by atoms with Gasteiger partial charge in [0, 0.05) is 12.8 Å². The Hall–Kier alpha value is -1.88. The average molecular weight is 412 g/mol. The van der Waals surface area contributed by atoms with Crippen LogP contribution in [0.3, 0.4) is 0 Å². The molecule has 0 amide bonds. The quantitative estimate of drug-likeness (QED) is 0.405. The molecule has 2 bridgehead atoms. The molecular formula is C24H26ClNO3. The van der Waals surface area contributed by atoms with Gasteiger partial charge < -0.3 is 26.4 Å². The highest BCUT2D eigenvalue weighted by molar-refractivity contribution is 5.97. The van der Waals surface area contributed by atoms with Crippen molar-refractivity contribution in [3.63, 3.8) is 0 Å². The second-order valence-electron chi connectivity index (χ2n) is 9.54. The van der Waals surface area contributed by atoms with Crippen molar-refractivity contribution in [3.8, 4) is 11.1 Å². The van der Waals surface area contributed by atoms with E-state index in [1.807, 2.05) is 31.2 Å². The number of benzene rings is 2. The van der Waals surface area contributed by atoms with E-state index < -0.39 is 5.41 Å². The molecule has 0 N–H and O–H groups in total. The molecule has 6 rings (SSSR count). The number of esters is 1. The third kappa shape index (κ3) is 2.37. The third-order valence-electron chi connectivity index (χ3n) is 7.94. The molecule has 152 valence electrons. The molecule has 0 saturated carbocycles. The zero-order valence-corrected chi connectivity index (χ0v) is 17.7. The number of rotatable bonds is 2. The number of epoxide rings is 1. The minimum Gasteiger partial charge on any atom is -1.00 e. The van der Waals surface area contributed by atoms with E-state index in [2.05, 4.69) is 38.4 Å². The summed E-state index contributed by atoms with van der Waals surface area (Å²) >= 11 is 0. The standard InChI is InChI=1S/C24H26NO3.ClH/c1-24(17-10-6-4-8-15(17)16-9-5-7-11-18(16)24)23(26)27-14-12-19-21-22(28-21)20(13-14)25(19,2)3;/h4-11,14,19-22H,12-13H2,1-3H3;1H/q+1;/p-1. The number of halogens is 1. The van der Waals surface area contributed by atoms with Crippen molar-refractivity contribution in [3.05, 3.63) is 59.7 Å². The maximum absolute atomic E-state index is 13.6. The first-order chi connectivity index (χ1) is 13.4. The largest absolute Gasteiger partial charge is 1.00 e. The van der Waals surface area contributed by atoms with Crippen LogP contribution in [0.5, 0.6) is 0 Å². The molecule has 4 nitrogen and oxygen atoms in total. The highest BCUT2D eigenvalue weighted by Crippen LogP contribution is 2.53. The molecule has 4 aliphatic rings. The van der Waals surface area contributed by atoms with E-state index in [9.17, 15) is 4.79 Å². The fourth-order valence-electron chi connectivity index (χ4n) is 6.24. The second-order valence-corrected chi connectivity index (χ2v) is 9.54. The number of hydrogen-bond acceptors (Lipinski definition) is 3. The van der Waals surface area contributed by atoms with Crippen LogP contribution in [0.15, 0.2) is 48.5 Å². The Morgan fingerprint density at radius 1 is 0.966 bits per heavy atom. The Balaban J connectivity index is 0.00000181. The summed E-state index contributed by atoms with van der Waals surface area (Å²) in [4.78, 5) is 13.6. The van der Waals surface area contributed by atoms with E-state index in [1.54, 1.807) is 0 Å². The van der Waals surface area contributed by atoms with Gasteiger partial charge in [0.1, 0.15) is 35.8 Å². The molecule has 0 aromatic heterocycles. The predicted molar refractivity (Wildman–Crippen MR) is 106 cm³/mol. The molecule has 5 heteroatoms. The number of hydrogen-bond donors (Lipinski definition) is 0. The Labute approximate surface area is 177 Å². The summed E-state index contributed by atoms with van der Waals surface area (Å²) in [6, 6.07) is 17.4. The van der Waals surface area contributed by atoms with E-state index in [0.717, 1.165) is 39.6 Å². The van der Waals surface area contributed by atoms with E-state index >= 15 is 0 Å². The summed E-state index contributed by atoms with van der Waals surface area (Å²) in [5.74, 6) is -0.115. The van der Waals surface area contributed by atoms with Crippen molar-refractivity contribution in [1.82, 2.24) is 0 Å². The Bertz CT molecular complexity index is 938. The van der Waals surface area contributed by atoms with Gasteiger partial charge in [0.15, 0.2) is 0 Å². The minimum atomic E-state index is -0.743. The van der Waals surface area contributed by atoms with Crippen molar-refractivity contribution >= 4 is 5.97 Å². The predicted octanol–water partition coefficient (Wildman–Crippen LogP) is 0.277. The lowest BCUT2D eigenvalue weighted by atomic mass is 9.80. The first kappa shape index (κ1) is 19.1. The zero-order valence-electron chi connectivity index (χ0n) is 17.0. The second kappa shape index (κ2) is 6.07. The van der Waals surface area contributed by atoms with Crippen molar-refractivity contribution < 1.29 is 31.2 Å². The van der Waals surface area contributed by atoms with Gasteiger partial charge in [-0.05, 0) is 29.2 Å². The zero-order chi connectivity index (χ0) is 19.3. The lowest BCUT2D eigenvalue weighted by molar-refractivity contribution is -0.938. The molecule has 3 fully saturated rings. The molecule has 3 saturated heterocycles. The summed E-state index contributed by atoms with van der Waals surface area (Å²) in [7, 11) is 4.60. The highest BCUT2D eigenvalue weighted by atomic mass is 35.5. The number of ether oxygens (including phenoxy) is 2. The van der Waals surface area contributed by atoms with Crippen LogP contribution in [0.1, 0.15) is 30.9 Å². The molecule has 2 aromatic carbocycles. The Morgan fingerprint density at radius 2 is 1.45 bits per heavy atom. The molecule has 3 heterocycles. The van der Waals surface area contributed by atoms with Gasteiger partial charge in [0.05, 0.1) is 14.1 Å². The Kier molecular flexibility index (Phi) is 4.00. The molecule has 1 aliphatic carbocycles. The van der Waals surface area contributed by atoms with E-state index in [1.165, 1.54) is 0 Å². The number of piperidine rings is 1. The molecule has 3 aliphatic heterocycles. The molecule has 4 atom stereocenters. The lowest BCUT2D eigenvalue weighted by Crippen LogP contribution is -3.00. The van der Waals surface area contributed by atoms with Gasteiger partial charge in [-0.2, -0.15) is 0 Å². The smallest absolute Gasteiger partial charge is 0.321 e. The van der Waals surface area contributed by atoms with Crippen molar-refractivity contribution in [2.45, 2.75) is 55.6 Å². The van der Waals surface area contributed by atoms with Crippen LogP contribution in [-0.2, 0) is 19.7 Å². The number of quaternary nitrogens is 1. The fraction of sp³-hybridized carbons (Fsp3) is 0.458. The topological polar surface area (TPSA) is 38.8 Å². The van der Waals surface area contributed by atoms with Gasteiger partial charge in [0.2, 0.25) is 0 Å². The van der Waals surface area contributed by atoms with Gasteiger partial charge >= 0.3 is 5.97 Å². The van der Waals surface area contributed by atoms with Crippen molar-refractivity contribution in [1.29, 1.82) is 0 Å². The molecule has 4 unspecified atom stereocenters. The van der Waals surface area contributed by atoms with E-state index in [4.69, 9.17) is 9.47 Å². The molecular weight excluding hydrogens is 386 g/mol. The number of carbonyl (C=O) groups is 1. The van der Waals surface area contributed by atoms with Gasteiger partial charge in [-0.15, -0.1) is 0 Å². The van der Waals surface area contributed by atoms with Crippen LogP contribution in [0.4, 0.5) is 0 Å². The average Bonchev–Trinajstić information content (AvgIpc) is 3.40. The summed E-state index contributed by atoms with van der Waals surface area (Å²) < 4.78 is 13.1. The third-order valence-corrected chi connectivity index (χ3v) is 7.94. The molecule has 0 spiro atoms. The van der Waals surface area contributed by atoms with Gasteiger partial charge in [-0.3, -0.25) is 4.79 Å². The molecule has 2 aromatic rings. The first-order valence-corrected chi connectivity index (χ1v) is 10.3. The number of likely N-dealkylation sites (N-methyl/N-ethyl adjacent to an activating group) is 1. The van der Waals surface area contributed by atoms with Crippen LogP contribution < -0.4 is 12.4 Å². The normalized spacial score (nSPS) is 33.7. The summed E-state index contributed by atoms with van der Waals surface area (Å²) in [6.07, 6.45) is 2.52. The summed E-state index contributed by atoms with van der Waals surface area (Å²) in [5.41, 5.74) is 3.67. The van der Waals surface area contributed by atoms with E-state index in [-0.39, 0.29) is 24.5 Å². The van der Waals surface area contributed by atoms with Crippen LogP contribution >= 0.6 is 0 Å². The summed E-state index contributed by atoms with van der Waals surface area (Å²) in [6.45, 7) is 2.03. The highest BCUT2D eigenvalue weighted by Gasteiger charge is 2.71. The maximum Gasteiger partial charge on any atom is 0.321 e. The number of carbonyl (C=O) groups excluding carboxylic acids is 1. The van der Waals surface area contributed by atoms with Crippen LogP contribution in [0.2, 0.25) is 0 Å². The molecule has 29 heavy (non-hydrogen) atoms. The first-order valence-electron chi connectivity index (χ1n) is 10.3. The summed E-state index contributed by atoms with van der Waals surface area (Å²) in [5, 5.41) is 0. The van der Waals surface area contributed by atoms with Crippen molar-refractivity contribution in [2.24, 2.45) is 0 Å². The van der Waals surface area contributed by atoms with Crippen LogP contribution in [0, 0.1) is 0 Å². The number of fused-ring (bicyclic) bond motifs is 8. The SMILES string of the molecule is CC1(C(=O)OC2CC3C4OC4C(C2)[N+]3(C)C)c2ccccc2-c2ccccc21.[Cl-]. The van der Waals surface area contributed by atoms with Crippen LogP contribution in [0.25, 0.3) is 11.1 Å². The van der Waals surface area contributed by atoms with Gasteiger partial charge in [0.25, 0.3) is 0 Å². The lowest BCUT2D eigenvalue weighted by Gasteiger charge is -2.45. The van der Waals surface area contributed by atoms with Crippen molar-refractivity contribution in [2.75, 3.05) is 14.1 Å². The monoisotopic (exact) mass is 411 g/mol. The maximum atomic E-state index is 13.6. The minimum absolute atomic E-state index is 0. The van der Waals surface area contributed by atoms with E-state index in [0.29, 0.717) is 24.3 Å². The van der Waals surface area contributed by atoms with Gasteiger partial charge in [-0.25, -0.2) is 0 Å². The van der Waals surface area contributed by atoms with Crippen LogP contribution in [-0.4, -0.2) is 54.9 Å².